The van der Waals surface area contributed by atoms with Gasteiger partial charge in [-0.1, -0.05) is 32.4 Å². The number of hydrogen-bond donors (Lipinski definition) is 0. The number of halogens is 2. The van der Waals surface area contributed by atoms with E-state index in [1.165, 1.54) is 11.3 Å². The van der Waals surface area contributed by atoms with Gasteiger partial charge in [-0.3, -0.25) is 4.90 Å². The van der Waals surface area contributed by atoms with Crippen LogP contribution in [0.2, 0.25) is 23.2 Å². The van der Waals surface area contributed by atoms with Crippen LogP contribution in [0.4, 0.5) is 10.5 Å². The van der Waals surface area contributed by atoms with Gasteiger partial charge in [-0.05, 0) is 98.7 Å². The summed E-state index contributed by atoms with van der Waals surface area (Å²) >= 11 is 10.1. The Bertz CT molecular complexity index is 928. The summed E-state index contributed by atoms with van der Waals surface area (Å²) in [6.07, 6.45) is 2.65. The van der Waals surface area contributed by atoms with Gasteiger partial charge in [0.2, 0.25) is 0 Å². The van der Waals surface area contributed by atoms with E-state index < -0.39 is 19.5 Å². The van der Waals surface area contributed by atoms with E-state index >= 15 is 0 Å². The number of benzene rings is 1. The molecule has 0 saturated carbocycles. The molecule has 0 bridgehead atoms. The third kappa shape index (κ3) is 5.96. The summed E-state index contributed by atoms with van der Waals surface area (Å²) in [7, 11) is -1.98. The van der Waals surface area contributed by atoms with Crippen LogP contribution < -0.4 is 4.90 Å². The summed E-state index contributed by atoms with van der Waals surface area (Å²) in [5.41, 5.74) is 1.48. The molecule has 2 heterocycles. The summed E-state index contributed by atoms with van der Waals surface area (Å²) in [5.74, 6) is 0. The van der Waals surface area contributed by atoms with Crippen molar-refractivity contribution >= 4 is 47.6 Å². The maximum atomic E-state index is 13.4. The van der Waals surface area contributed by atoms with Crippen LogP contribution in [0.3, 0.4) is 0 Å². The van der Waals surface area contributed by atoms with Crippen LogP contribution in [0.1, 0.15) is 66.9 Å². The molecule has 192 valence electrons. The van der Waals surface area contributed by atoms with Gasteiger partial charge in [-0.15, -0.1) is 0 Å². The van der Waals surface area contributed by atoms with Gasteiger partial charge in [0.25, 0.3) is 0 Å². The van der Waals surface area contributed by atoms with E-state index in [9.17, 15) is 4.79 Å². The molecule has 5 nitrogen and oxygen atoms in total. The summed E-state index contributed by atoms with van der Waals surface area (Å²) in [6.45, 7) is 21.3. The van der Waals surface area contributed by atoms with Crippen molar-refractivity contribution in [3.8, 4) is 0 Å². The van der Waals surface area contributed by atoms with E-state index in [-0.39, 0.29) is 17.2 Å². The lowest BCUT2D eigenvalue weighted by molar-refractivity contribution is 0.00116. The number of ether oxygens (including phenoxy) is 1. The number of nitrogens with zero attached hydrogens (tertiary/aromatic N) is 2. The standard InChI is InChI=1S/C26H42BrClN2O3Si/c1-24(2,3)33-23(31)30-16-20(15-26(30,7)17-32-34(8,9)25(4,5)6)29-12-10-11-18-13-19(28)14-21(27)22(18)29/h13-14,20H,10-12,15-17H2,1-9H3/t20-,26+/m0/s1. The monoisotopic (exact) mass is 572 g/mol. The van der Waals surface area contributed by atoms with Crippen molar-refractivity contribution < 1.29 is 14.0 Å². The molecule has 1 fully saturated rings. The average Bonchev–Trinajstić information content (AvgIpc) is 3.01. The number of anilines is 1. The molecule has 1 amide bonds. The highest BCUT2D eigenvalue weighted by Gasteiger charge is 2.50. The molecule has 34 heavy (non-hydrogen) atoms. The van der Waals surface area contributed by atoms with Crippen LogP contribution in [0.5, 0.6) is 0 Å². The van der Waals surface area contributed by atoms with Crippen molar-refractivity contribution in [2.45, 2.75) is 103 Å². The fraction of sp³-hybridized carbons (Fsp3) is 0.731. The molecule has 2 aliphatic heterocycles. The third-order valence-corrected chi connectivity index (χ3v) is 12.9. The number of likely N-dealkylation sites (tertiary alicyclic amines) is 1. The van der Waals surface area contributed by atoms with Crippen molar-refractivity contribution in [2.75, 3.05) is 24.6 Å². The first-order chi connectivity index (χ1) is 15.4. The molecule has 1 aromatic carbocycles. The molecule has 3 rings (SSSR count). The first kappa shape index (κ1) is 27.8. The zero-order valence-corrected chi connectivity index (χ0v) is 25.7. The molecule has 2 atom stereocenters. The number of rotatable bonds is 4. The van der Waals surface area contributed by atoms with Crippen molar-refractivity contribution in [3.05, 3.63) is 27.2 Å². The molecular weight excluding hydrogens is 532 g/mol. The zero-order valence-electron chi connectivity index (χ0n) is 22.3. The van der Waals surface area contributed by atoms with Gasteiger partial charge < -0.3 is 14.1 Å². The van der Waals surface area contributed by atoms with Crippen LogP contribution in [0.25, 0.3) is 0 Å². The second-order valence-electron chi connectivity index (χ2n) is 12.7. The lowest BCUT2D eigenvalue weighted by Gasteiger charge is -2.42. The number of fused-ring (bicyclic) bond motifs is 1. The van der Waals surface area contributed by atoms with E-state index in [0.29, 0.717) is 13.2 Å². The van der Waals surface area contributed by atoms with Crippen LogP contribution in [0.15, 0.2) is 16.6 Å². The van der Waals surface area contributed by atoms with E-state index in [0.717, 1.165) is 35.3 Å². The lowest BCUT2D eigenvalue weighted by Crippen LogP contribution is -2.53. The molecular formula is C26H42BrClN2O3Si. The minimum absolute atomic E-state index is 0.105. The van der Waals surface area contributed by atoms with Gasteiger partial charge in [0.05, 0.1) is 17.8 Å². The molecule has 0 N–H and O–H groups in total. The van der Waals surface area contributed by atoms with Crippen LogP contribution >= 0.6 is 27.5 Å². The molecule has 1 saturated heterocycles. The van der Waals surface area contributed by atoms with E-state index in [1.54, 1.807) is 0 Å². The van der Waals surface area contributed by atoms with Crippen LogP contribution in [-0.2, 0) is 15.6 Å². The predicted molar refractivity (Wildman–Crippen MR) is 148 cm³/mol. The topological polar surface area (TPSA) is 42.0 Å². The van der Waals surface area contributed by atoms with Gasteiger partial charge in [0, 0.05) is 28.6 Å². The van der Waals surface area contributed by atoms with Crippen molar-refractivity contribution in [1.82, 2.24) is 4.90 Å². The molecule has 0 aliphatic carbocycles. The van der Waals surface area contributed by atoms with Crippen LogP contribution in [0, 0.1) is 0 Å². The minimum atomic E-state index is -1.98. The maximum absolute atomic E-state index is 13.4. The molecule has 0 radical (unpaired) electrons. The Morgan fingerprint density at radius 2 is 1.88 bits per heavy atom. The zero-order chi connectivity index (χ0) is 25.7. The Kier molecular flexibility index (Phi) is 7.86. The number of hydrogen-bond acceptors (Lipinski definition) is 4. The van der Waals surface area contributed by atoms with Gasteiger partial charge in [-0.2, -0.15) is 0 Å². The van der Waals surface area contributed by atoms with E-state index in [1.807, 2.05) is 31.7 Å². The highest BCUT2D eigenvalue weighted by Crippen LogP contribution is 2.44. The summed E-state index contributed by atoms with van der Waals surface area (Å²) < 4.78 is 13.6. The number of amides is 1. The Balaban J connectivity index is 1.92. The Hall–Kier alpha value is -0.763. The first-order valence-electron chi connectivity index (χ1n) is 12.3. The third-order valence-electron chi connectivity index (χ3n) is 7.56. The number of carbonyl (C=O) groups is 1. The van der Waals surface area contributed by atoms with E-state index in [2.05, 4.69) is 67.7 Å². The Morgan fingerprint density at radius 1 is 1.24 bits per heavy atom. The molecule has 0 spiro atoms. The van der Waals surface area contributed by atoms with Gasteiger partial charge in [0.1, 0.15) is 5.60 Å². The predicted octanol–water partition coefficient (Wildman–Crippen LogP) is 7.65. The maximum Gasteiger partial charge on any atom is 0.410 e. The summed E-state index contributed by atoms with van der Waals surface area (Å²) in [4.78, 5) is 17.8. The fourth-order valence-corrected chi connectivity index (χ4v) is 6.88. The van der Waals surface area contributed by atoms with Crippen molar-refractivity contribution in [2.24, 2.45) is 0 Å². The Labute approximate surface area is 220 Å². The van der Waals surface area contributed by atoms with Gasteiger partial charge in [0.15, 0.2) is 8.32 Å². The second kappa shape index (κ2) is 9.60. The lowest BCUT2D eigenvalue weighted by atomic mass is 9.95. The minimum Gasteiger partial charge on any atom is -0.444 e. The smallest absolute Gasteiger partial charge is 0.410 e. The Morgan fingerprint density at radius 3 is 2.47 bits per heavy atom. The molecule has 2 aliphatic rings. The van der Waals surface area contributed by atoms with Crippen molar-refractivity contribution in [3.63, 3.8) is 0 Å². The quantitative estimate of drug-likeness (QED) is 0.347. The molecule has 0 unspecified atom stereocenters. The highest BCUT2D eigenvalue weighted by molar-refractivity contribution is 9.10. The number of carbonyl (C=O) groups excluding carboxylic acids is 1. The summed E-state index contributed by atoms with van der Waals surface area (Å²) in [5, 5.41) is 0.857. The highest BCUT2D eigenvalue weighted by atomic mass is 79.9. The van der Waals surface area contributed by atoms with Crippen LogP contribution in [-0.4, -0.2) is 56.2 Å². The van der Waals surface area contributed by atoms with Crippen molar-refractivity contribution in [1.29, 1.82) is 0 Å². The fourth-order valence-electron chi connectivity index (χ4n) is 4.67. The second-order valence-corrected chi connectivity index (χ2v) is 18.8. The van der Waals surface area contributed by atoms with Gasteiger partial charge in [-0.25, -0.2) is 4.79 Å². The number of aryl methyl sites for hydroxylation is 1. The van der Waals surface area contributed by atoms with Gasteiger partial charge >= 0.3 is 6.09 Å². The molecule has 1 aromatic rings. The normalized spacial score (nSPS) is 23.8. The first-order valence-corrected chi connectivity index (χ1v) is 16.4. The summed E-state index contributed by atoms with van der Waals surface area (Å²) in [6, 6.07) is 4.23. The largest absolute Gasteiger partial charge is 0.444 e. The average molecular weight is 574 g/mol. The molecule has 8 heteroatoms. The SMILES string of the molecule is CC(C)(C)OC(=O)N1C[C@@H](N2CCCc3cc(Cl)cc(Br)c32)C[C@]1(C)CO[Si](C)(C)C(C)(C)C. The molecule has 0 aromatic heterocycles. The van der Waals surface area contributed by atoms with E-state index in [4.69, 9.17) is 20.8 Å².